The zero-order valence-corrected chi connectivity index (χ0v) is 30.2. The summed E-state index contributed by atoms with van der Waals surface area (Å²) in [6.45, 7) is 8.84. The van der Waals surface area contributed by atoms with Gasteiger partial charge >= 0.3 is 11.9 Å². The van der Waals surface area contributed by atoms with Gasteiger partial charge in [-0.05, 0) is 124 Å². The molecule has 282 valence electrons. The Morgan fingerprint density at radius 2 is 0.962 bits per heavy atom. The van der Waals surface area contributed by atoms with Crippen molar-refractivity contribution in [1.29, 1.82) is 5.41 Å². The van der Waals surface area contributed by atoms with Crippen LogP contribution >= 0.6 is 0 Å². The van der Waals surface area contributed by atoms with Crippen LogP contribution in [0.3, 0.4) is 0 Å². The van der Waals surface area contributed by atoms with Crippen LogP contribution < -0.4 is 18.9 Å². The first kappa shape index (κ1) is 44.3. The Bertz CT molecular complexity index is 1410. The maximum Gasteiger partial charge on any atom is 0.330 e. The molecule has 0 aliphatic rings. The minimum atomic E-state index is -0.368. The van der Waals surface area contributed by atoms with Crippen molar-refractivity contribution >= 4 is 30.7 Å². The van der Waals surface area contributed by atoms with Crippen molar-refractivity contribution < 1.29 is 49.0 Å². The molecule has 0 aliphatic carbocycles. The summed E-state index contributed by atoms with van der Waals surface area (Å²) in [6, 6.07) is 19.4. The van der Waals surface area contributed by atoms with Gasteiger partial charge in [0, 0.05) is 30.9 Å². The number of carbonyl (C=O) groups excluding carboxylic acids is 4. The van der Waals surface area contributed by atoms with Crippen LogP contribution in [-0.4, -0.2) is 71.4 Å². The standard InChI is InChI=1S/2C16H20O4.C9H11NO2.H2/c2*1-2-16(18)20-12-6-4-3-5-11-19-15-9-7-14(13-17)8-10-15;1-11-8-4-3-7(6-10)5-9(8)12-2;/h2*2,7-10,13H,1,3-6,11-12H2;3-6,10H,1-2H3;1H. The molecule has 3 rings (SSSR count). The van der Waals surface area contributed by atoms with E-state index in [1.54, 1.807) is 80.9 Å². The molecule has 0 atom stereocenters. The summed E-state index contributed by atoms with van der Waals surface area (Å²) in [5, 5.41) is 7.02. The number of esters is 2. The summed E-state index contributed by atoms with van der Waals surface area (Å²) in [6.07, 6.45) is 12.9. The molecule has 3 aromatic rings. The summed E-state index contributed by atoms with van der Waals surface area (Å²) >= 11 is 0. The van der Waals surface area contributed by atoms with E-state index in [2.05, 4.69) is 13.2 Å². The average Bonchev–Trinajstić information content (AvgIpc) is 3.20. The Kier molecular flexibility index (Phi) is 24.8. The van der Waals surface area contributed by atoms with Gasteiger partial charge in [0.15, 0.2) is 11.5 Å². The zero-order chi connectivity index (χ0) is 38.2. The van der Waals surface area contributed by atoms with E-state index in [4.69, 9.17) is 33.8 Å². The van der Waals surface area contributed by atoms with Crippen LogP contribution in [-0.2, 0) is 19.1 Å². The van der Waals surface area contributed by atoms with Gasteiger partial charge in [0.05, 0.1) is 40.6 Å². The Hall–Kier alpha value is -5.71. The van der Waals surface area contributed by atoms with Crippen LogP contribution in [0.4, 0.5) is 0 Å². The molecule has 0 saturated heterocycles. The molecule has 0 amide bonds. The van der Waals surface area contributed by atoms with Crippen molar-refractivity contribution in [1.82, 2.24) is 0 Å². The lowest BCUT2D eigenvalue weighted by Gasteiger charge is -2.06. The quantitative estimate of drug-likeness (QED) is 0.0334. The third kappa shape index (κ3) is 20.7. The molecule has 11 nitrogen and oxygen atoms in total. The number of hydrogen-bond acceptors (Lipinski definition) is 11. The maximum absolute atomic E-state index is 10.8. The summed E-state index contributed by atoms with van der Waals surface area (Å²) in [4.78, 5) is 42.5. The Labute approximate surface area is 308 Å². The minimum Gasteiger partial charge on any atom is -0.494 e. The predicted molar refractivity (Wildman–Crippen MR) is 203 cm³/mol. The monoisotopic (exact) mass is 719 g/mol. The third-order valence-corrected chi connectivity index (χ3v) is 7.04. The highest BCUT2D eigenvalue weighted by atomic mass is 16.5. The average molecular weight is 720 g/mol. The summed E-state index contributed by atoms with van der Waals surface area (Å²) in [7, 11) is 3.16. The number of benzene rings is 3. The van der Waals surface area contributed by atoms with Crippen LogP contribution in [0.25, 0.3) is 0 Å². The first-order chi connectivity index (χ1) is 25.3. The lowest BCUT2D eigenvalue weighted by atomic mass is 10.2. The topological polar surface area (TPSA) is 148 Å². The number of carbonyl (C=O) groups is 4. The van der Waals surface area contributed by atoms with Crippen molar-refractivity contribution in [3.63, 3.8) is 0 Å². The highest BCUT2D eigenvalue weighted by Gasteiger charge is 2.02. The van der Waals surface area contributed by atoms with Crippen molar-refractivity contribution in [2.24, 2.45) is 0 Å². The minimum absolute atomic E-state index is 0. The zero-order valence-electron chi connectivity index (χ0n) is 30.2. The van der Waals surface area contributed by atoms with Gasteiger partial charge in [-0.1, -0.05) is 13.2 Å². The van der Waals surface area contributed by atoms with Crippen LogP contribution in [0, 0.1) is 5.41 Å². The summed E-state index contributed by atoms with van der Waals surface area (Å²) in [5.74, 6) is 2.15. The molecule has 0 aliphatic heterocycles. The molecule has 52 heavy (non-hydrogen) atoms. The number of aldehydes is 2. The molecule has 0 heterocycles. The molecule has 0 aromatic heterocycles. The van der Waals surface area contributed by atoms with E-state index >= 15 is 0 Å². The van der Waals surface area contributed by atoms with Crippen LogP contribution in [0.5, 0.6) is 23.0 Å². The number of hydrogen-bond donors (Lipinski definition) is 1. The highest BCUT2D eigenvalue weighted by molar-refractivity contribution is 5.81. The second-order valence-corrected chi connectivity index (χ2v) is 10.9. The Morgan fingerprint density at radius 3 is 1.31 bits per heavy atom. The highest BCUT2D eigenvalue weighted by Crippen LogP contribution is 2.26. The molecule has 0 radical (unpaired) electrons. The molecule has 0 bridgehead atoms. The largest absolute Gasteiger partial charge is 0.494 e. The van der Waals surface area contributed by atoms with Crippen LogP contribution in [0.1, 0.15) is 79.1 Å². The first-order valence-electron chi connectivity index (χ1n) is 17.0. The van der Waals surface area contributed by atoms with Gasteiger partial charge in [-0.3, -0.25) is 9.59 Å². The fourth-order valence-electron chi connectivity index (χ4n) is 4.19. The van der Waals surface area contributed by atoms with E-state index in [9.17, 15) is 19.2 Å². The summed E-state index contributed by atoms with van der Waals surface area (Å²) < 4.78 is 30.9. The molecular formula is C41H53NO10. The molecular weight excluding hydrogens is 666 g/mol. The van der Waals surface area contributed by atoms with Crippen molar-refractivity contribution in [2.75, 3.05) is 40.6 Å². The van der Waals surface area contributed by atoms with Crippen LogP contribution in [0.2, 0.25) is 0 Å². The van der Waals surface area contributed by atoms with Crippen LogP contribution in [0.15, 0.2) is 92.0 Å². The smallest absolute Gasteiger partial charge is 0.330 e. The number of rotatable bonds is 23. The van der Waals surface area contributed by atoms with Gasteiger partial charge in [0.2, 0.25) is 0 Å². The molecule has 0 spiro atoms. The van der Waals surface area contributed by atoms with E-state index in [0.29, 0.717) is 49.1 Å². The molecule has 0 saturated carbocycles. The number of ether oxygens (including phenoxy) is 6. The fraction of sp³-hybridized carbons (Fsp3) is 0.341. The molecule has 1 N–H and O–H groups in total. The SMILES string of the molecule is C=CC(=O)OCCCCCCOc1ccc(C=O)cc1.C=CC(=O)OCCCCCCOc1ccc(C=O)cc1.COc1ccc(C=N)cc1OC.[HH]. The van der Waals surface area contributed by atoms with Gasteiger partial charge in [-0.15, -0.1) is 0 Å². The lowest BCUT2D eigenvalue weighted by Crippen LogP contribution is -2.02. The lowest BCUT2D eigenvalue weighted by molar-refractivity contribution is -0.138. The van der Waals surface area contributed by atoms with Gasteiger partial charge < -0.3 is 33.8 Å². The third-order valence-electron chi connectivity index (χ3n) is 7.04. The molecule has 0 fully saturated rings. The Morgan fingerprint density at radius 1 is 0.577 bits per heavy atom. The van der Waals surface area contributed by atoms with Crippen molar-refractivity contribution in [3.8, 4) is 23.0 Å². The number of methoxy groups -OCH3 is 2. The normalized spacial score (nSPS) is 9.65. The molecule has 3 aromatic carbocycles. The Balaban J connectivity index is 0.000000782. The van der Waals surface area contributed by atoms with Gasteiger partial charge in [-0.25, -0.2) is 9.59 Å². The molecule has 0 unspecified atom stereocenters. The first-order valence-corrected chi connectivity index (χ1v) is 17.0. The maximum atomic E-state index is 10.8. The number of unbranched alkanes of at least 4 members (excludes halogenated alkanes) is 6. The van der Waals surface area contributed by atoms with Crippen molar-refractivity contribution in [2.45, 2.75) is 51.4 Å². The van der Waals surface area contributed by atoms with E-state index in [1.165, 1.54) is 18.4 Å². The predicted octanol–water partition coefficient (Wildman–Crippen LogP) is 8.28. The fourth-order valence-corrected chi connectivity index (χ4v) is 4.19. The van der Waals surface area contributed by atoms with Gasteiger partial charge in [-0.2, -0.15) is 0 Å². The summed E-state index contributed by atoms with van der Waals surface area (Å²) in [5.41, 5.74) is 2.09. The second-order valence-electron chi connectivity index (χ2n) is 10.9. The van der Waals surface area contributed by atoms with E-state index < -0.39 is 0 Å². The van der Waals surface area contributed by atoms with E-state index in [1.807, 2.05) is 0 Å². The van der Waals surface area contributed by atoms with E-state index in [-0.39, 0.29) is 13.4 Å². The van der Waals surface area contributed by atoms with Crippen molar-refractivity contribution in [3.05, 3.63) is 109 Å². The van der Waals surface area contributed by atoms with E-state index in [0.717, 1.165) is 81.0 Å². The van der Waals surface area contributed by atoms with Gasteiger partial charge in [0.1, 0.15) is 24.1 Å². The van der Waals surface area contributed by atoms with Gasteiger partial charge in [0.25, 0.3) is 0 Å². The molecule has 11 heteroatoms. The second kappa shape index (κ2) is 29.1. The number of nitrogens with one attached hydrogen (secondary N) is 1.